The summed E-state index contributed by atoms with van der Waals surface area (Å²) < 4.78 is 15.4. The molecule has 0 saturated heterocycles. The van der Waals surface area contributed by atoms with Gasteiger partial charge >= 0.3 is 5.97 Å². The summed E-state index contributed by atoms with van der Waals surface area (Å²) in [5, 5.41) is 23.0. The third kappa shape index (κ3) is 7.58. The molecule has 0 saturated carbocycles. The van der Waals surface area contributed by atoms with Crippen LogP contribution < -0.4 is 14.8 Å². The average molecular weight is 454 g/mol. The highest BCUT2D eigenvalue weighted by molar-refractivity contribution is 6.03. The second-order valence-corrected chi connectivity index (χ2v) is 6.28. The number of nitrogens with one attached hydrogen (secondary N) is 1. The molecule has 0 atom stereocenters. The number of aliphatic hydroxyl groups excluding tert-OH is 1. The predicted octanol–water partition coefficient (Wildman–Crippen LogP) is 4.71. The van der Waals surface area contributed by atoms with Crippen LogP contribution in [0.1, 0.15) is 6.92 Å². The molecule has 11 heteroatoms. The van der Waals surface area contributed by atoms with Crippen LogP contribution in [0.15, 0.2) is 82.0 Å². The first-order valence-corrected chi connectivity index (χ1v) is 9.54. The third-order valence-electron chi connectivity index (χ3n) is 3.96. The van der Waals surface area contributed by atoms with Crippen LogP contribution in [0.3, 0.4) is 0 Å². The van der Waals surface area contributed by atoms with Crippen molar-refractivity contribution in [2.75, 3.05) is 25.6 Å². The van der Waals surface area contributed by atoms with E-state index in [1.54, 1.807) is 24.3 Å². The van der Waals surface area contributed by atoms with Crippen molar-refractivity contribution in [2.24, 2.45) is 15.4 Å². The summed E-state index contributed by atoms with van der Waals surface area (Å²) in [5.41, 5.74) is 0.469. The number of rotatable bonds is 11. The van der Waals surface area contributed by atoms with E-state index in [0.717, 1.165) is 6.08 Å². The molecule has 33 heavy (non-hydrogen) atoms. The third-order valence-corrected chi connectivity index (χ3v) is 3.96. The number of esters is 1. The van der Waals surface area contributed by atoms with Gasteiger partial charge in [0.25, 0.3) is 5.91 Å². The Morgan fingerprint density at radius 1 is 1.15 bits per heavy atom. The van der Waals surface area contributed by atoms with Gasteiger partial charge in [0.1, 0.15) is 41.8 Å². The maximum Gasteiger partial charge on any atom is 0.330 e. The Labute approximate surface area is 189 Å². The molecule has 2 aromatic carbocycles. The highest BCUT2D eigenvalue weighted by atomic mass is 16.6. The molecule has 0 radical (unpaired) electrons. The fraction of sp³-hybridized carbons (Fsp3) is 0.182. The summed E-state index contributed by atoms with van der Waals surface area (Å²) in [6.07, 6.45) is 1.06. The zero-order valence-electron chi connectivity index (χ0n) is 18.0. The molecule has 172 valence electrons. The van der Waals surface area contributed by atoms with Gasteiger partial charge in [-0.1, -0.05) is 6.58 Å². The van der Waals surface area contributed by atoms with E-state index in [2.05, 4.69) is 27.3 Å². The fourth-order valence-corrected chi connectivity index (χ4v) is 2.38. The zero-order valence-corrected chi connectivity index (χ0v) is 18.0. The first-order valence-electron chi connectivity index (χ1n) is 9.54. The van der Waals surface area contributed by atoms with E-state index >= 15 is 0 Å². The zero-order chi connectivity index (χ0) is 24.2. The van der Waals surface area contributed by atoms with Crippen LogP contribution in [-0.4, -0.2) is 37.3 Å². The monoisotopic (exact) mass is 454 g/mol. The number of aliphatic hydroxyl groups is 1. The predicted molar refractivity (Wildman–Crippen MR) is 120 cm³/mol. The number of nitroso groups, excluding NO2 is 1. The molecule has 2 N–H and O–H groups in total. The van der Waals surface area contributed by atoms with Crippen LogP contribution in [0, 0.1) is 4.91 Å². The summed E-state index contributed by atoms with van der Waals surface area (Å²) in [5.74, 6) is -0.868. The fourth-order valence-electron chi connectivity index (χ4n) is 2.38. The van der Waals surface area contributed by atoms with Crippen molar-refractivity contribution in [3.05, 3.63) is 71.5 Å². The molecule has 0 unspecified atom stereocenters. The van der Waals surface area contributed by atoms with Crippen LogP contribution >= 0.6 is 0 Å². The van der Waals surface area contributed by atoms with Gasteiger partial charge in [0.15, 0.2) is 5.70 Å². The van der Waals surface area contributed by atoms with E-state index in [9.17, 15) is 19.6 Å². The highest BCUT2D eigenvalue weighted by Gasteiger charge is 2.14. The number of methoxy groups -OCH3 is 1. The lowest BCUT2D eigenvalue weighted by Crippen LogP contribution is -2.14. The van der Waals surface area contributed by atoms with Gasteiger partial charge in [0.05, 0.1) is 7.11 Å². The Morgan fingerprint density at radius 2 is 1.88 bits per heavy atom. The lowest BCUT2D eigenvalue weighted by atomic mass is 10.2. The maximum atomic E-state index is 12.6. The summed E-state index contributed by atoms with van der Waals surface area (Å²) in [6.45, 7) is 4.80. The molecule has 0 fully saturated rings. The molecule has 0 aliphatic carbocycles. The van der Waals surface area contributed by atoms with Gasteiger partial charge in [-0.2, -0.15) is 0 Å². The second kappa shape index (κ2) is 12.3. The van der Waals surface area contributed by atoms with Crippen LogP contribution in [0.25, 0.3) is 0 Å². The largest absolute Gasteiger partial charge is 0.510 e. The van der Waals surface area contributed by atoms with Crippen molar-refractivity contribution in [1.82, 2.24) is 0 Å². The Kier molecular flexibility index (Phi) is 9.25. The van der Waals surface area contributed by atoms with Gasteiger partial charge in [0, 0.05) is 17.8 Å². The Balaban J connectivity index is 2.02. The minimum absolute atomic E-state index is 0.0669. The van der Waals surface area contributed by atoms with Crippen molar-refractivity contribution in [2.45, 2.75) is 6.92 Å². The minimum Gasteiger partial charge on any atom is -0.510 e. The van der Waals surface area contributed by atoms with E-state index in [0.29, 0.717) is 11.4 Å². The summed E-state index contributed by atoms with van der Waals surface area (Å²) >= 11 is 0. The van der Waals surface area contributed by atoms with Gasteiger partial charge in [-0.3, -0.25) is 4.79 Å². The summed E-state index contributed by atoms with van der Waals surface area (Å²) in [7, 11) is 1.38. The van der Waals surface area contributed by atoms with Crippen molar-refractivity contribution < 1.29 is 28.9 Å². The molecule has 0 aliphatic rings. The Morgan fingerprint density at radius 3 is 2.48 bits per heavy atom. The Bertz CT molecular complexity index is 1070. The molecule has 2 rings (SSSR count). The standard InChI is InChI=1S/C22H22N4O7/c1-4-20(28)33-12-11-32-17-8-5-15(6-9-17)23-22(29)21(14(2)27)25-24-18-10-7-16(26-30)13-19(18)31-3/h4-10,13,27H,1,11-12H2,2-3H3,(H,23,29). The molecule has 0 aliphatic heterocycles. The summed E-state index contributed by atoms with van der Waals surface area (Å²) in [4.78, 5) is 34.2. The molecule has 0 spiro atoms. The SMILES string of the molecule is C=CC(=O)OCCOc1ccc(NC(=O)C(N=Nc2ccc(N=O)cc2OC)=C(C)O)cc1. The normalized spacial score (nSPS) is 11.3. The second-order valence-electron chi connectivity index (χ2n) is 6.28. The van der Waals surface area contributed by atoms with E-state index in [1.165, 1.54) is 32.2 Å². The Hall–Kier alpha value is -4.54. The number of benzene rings is 2. The number of carbonyl (C=O) groups is 2. The number of anilines is 1. The van der Waals surface area contributed by atoms with E-state index in [1.807, 2.05) is 0 Å². The van der Waals surface area contributed by atoms with Gasteiger partial charge in [0.2, 0.25) is 0 Å². The quantitative estimate of drug-likeness (QED) is 0.125. The number of allylic oxidation sites excluding steroid dienone is 1. The molecule has 0 aromatic heterocycles. The van der Waals surface area contributed by atoms with Crippen molar-refractivity contribution in [3.63, 3.8) is 0 Å². The maximum absolute atomic E-state index is 12.6. The summed E-state index contributed by atoms with van der Waals surface area (Å²) in [6, 6.07) is 10.6. The lowest BCUT2D eigenvalue weighted by molar-refractivity contribution is -0.138. The molecule has 0 heterocycles. The molecule has 2 aromatic rings. The molecule has 1 amide bonds. The number of hydrogen-bond acceptors (Lipinski definition) is 10. The number of amides is 1. The van der Waals surface area contributed by atoms with E-state index < -0.39 is 11.9 Å². The first-order chi connectivity index (χ1) is 15.9. The van der Waals surface area contributed by atoms with Crippen LogP contribution in [0.5, 0.6) is 11.5 Å². The lowest BCUT2D eigenvalue weighted by Gasteiger charge is -2.09. The van der Waals surface area contributed by atoms with E-state index in [-0.39, 0.29) is 41.8 Å². The number of carbonyl (C=O) groups excluding carboxylic acids is 2. The van der Waals surface area contributed by atoms with Crippen molar-refractivity contribution in [1.29, 1.82) is 0 Å². The smallest absolute Gasteiger partial charge is 0.330 e. The molecule has 11 nitrogen and oxygen atoms in total. The highest BCUT2D eigenvalue weighted by Crippen LogP contribution is 2.32. The van der Waals surface area contributed by atoms with Gasteiger partial charge in [-0.05, 0) is 48.5 Å². The van der Waals surface area contributed by atoms with Gasteiger partial charge in [-0.25, -0.2) is 4.79 Å². The number of azo groups is 1. The first kappa shape index (κ1) is 24.7. The van der Waals surface area contributed by atoms with Gasteiger partial charge < -0.3 is 24.6 Å². The van der Waals surface area contributed by atoms with Crippen molar-refractivity contribution in [3.8, 4) is 11.5 Å². The molecular formula is C22H22N4O7. The van der Waals surface area contributed by atoms with Crippen LogP contribution in [0.4, 0.5) is 17.1 Å². The van der Waals surface area contributed by atoms with Crippen molar-refractivity contribution >= 4 is 28.9 Å². The number of hydrogen-bond donors (Lipinski definition) is 2. The number of nitrogens with zero attached hydrogens (tertiary/aromatic N) is 3. The molecular weight excluding hydrogens is 432 g/mol. The molecule has 0 bridgehead atoms. The number of ether oxygens (including phenoxy) is 3. The van der Waals surface area contributed by atoms with Gasteiger partial charge in [-0.15, -0.1) is 15.1 Å². The topological polar surface area (TPSA) is 148 Å². The van der Waals surface area contributed by atoms with Crippen LogP contribution in [-0.2, 0) is 14.3 Å². The average Bonchev–Trinajstić information content (AvgIpc) is 2.82. The van der Waals surface area contributed by atoms with E-state index in [4.69, 9.17) is 14.2 Å². The van der Waals surface area contributed by atoms with Crippen LogP contribution in [0.2, 0.25) is 0 Å². The minimum atomic E-state index is -0.700.